The van der Waals surface area contributed by atoms with E-state index < -0.39 is 55.0 Å². The summed E-state index contributed by atoms with van der Waals surface area (Å²) in [6.07, 6.45) is 0.443. The van der Waals surface area contributed by atoms with Crippen LogP contribution in [0.2, 0.25) is 0 Å². The third-order valence-corrected chi connectivity index (χ3v) is 5.36. The van der Waals surface area contributed by atoms with Crippen LogP contribution in [0.25, 0.3) is 0 Å². The van der Waals surface area contributed by atoms with Crippen LogP contribution in [0.1, 0.15) is 13.8 Å². The molecule has 0 aromatic heterocycles. The van der Waals surface area contributed by atoms with Gasteiger partial charge in [-0.15, -0.1) is 0 Å². The van der Waals surface area contributed by atoms with Crippen molar-refractivity contribution >= 4 is 6.29 Å². The lowest BCUT2D eigenvalue weighted by Gasteiger charge is -2.53. The maximum Gasteiger partial charge on any atom is 0.145 e. The summed E-state index contributed by atoms with van der Waals surface area (Å²) in [5, 5.41) is 58.8. The molecule has 136 valence electrons. The van der Waals surface area contributed by atoms with Gasteiger partial charge >= 0.3 is 0 Å². The molecule has 0 bridgehead atoms. The van der Waals surface area contributed by atoms with Gasteiger partial charge in [-0.25, -0.2) is 0 Å². The minimum absolute atomic E-state index is 0.0307. The third-order valence-electron chi connectivity index (χ3n) is 5.36. The van der Waals surface area contributed by atoms with Crippen molar-refractivity contribution in [2.45, 2.75) is 13.8 Å². The van der Waals surface area contributed by atoms with E-state index in [4.69, 9.17) is 0 Å². The van der Waals surface area contributed by atoms with Gasteiger partial charge in [0.1, 0.15) is 6.29 Å². The van der Waals surface area contributed by atoms with E-state index >= 15 is 0 Å². The molecular formula is C16H30O7. The fourth-order valence-electron chi connectivity index (χ4n) is 3.40. The lowest BCUT2D eigenvalue weighted by Crippen LogP contribution is -2.58. The molecule has 0 aliphatic heterocycles. The van der Waals surface area contributed by atoms with Gasteiger partial charge in [0.25, 0.3) is 0 Å². The fourth-order valence-corrected chi connectivity index (χ4v) is 3.40. The first-order valence-corrected chi connectivity index (χ1v) is 7.60. The zero-order valence-corrected chi connectivity index (χ0v) is 13.9. The van der Waals surface area contributed by atoms with Crippen LogP contribution in [0.5, 0.6) is 0 Å². The van der Waals surface area contributed by atoms with E-state index in [1.54, 1.807) is 13.8 Å². The van der Waals surface area contributed by atoms with E-state index in [2.05, 4.69) is 6.58 Å². The number of hydrogen-bond acceptors (Lipinski definition) is 7. The van der Waals surface area contributed by atoms with Crippen molar-refractivity contribution in [3.63, 3.8) is 0 Å². The van der Waals surface area contributed by atoms with Gasteiger partial charge in [0.05, 0.1) is 26.4 Å². The topological polar surface area (TPSA) is 138 Å². The highest BCUT2D eigenvalue weighted by Crippen LogP contribution is 2.51. The number of carbonyl (C=O) groups is 1. The maximum absolute atomic E-state index is 11.4. The van der Waals surface area contributed by atoms with Crippen molar-refractivity contribution in [3.8, 4) is 0 Å². The Morgan fingerprint density at radius 3 is 1.35 bits per heavy atom. The summed E-state index contributed by atoms with van der Waals surface area (Å²) < 4.78 is 0. The zero-order chi connectivity index (χ0) is 18.3. The average Bonchev–Trinajstić information content (AvgIpc) is 2.60. The van der Waals surface area contributed by atoms with Crippen molar-refractivity contribution in [2.24, 2.45) is 28.6 Å². The van der Waals surface area contributed by atoms with Crippen LogP contribution in [-0.4, -0.2) is 76.6 Å². The summed E-state index contributed by atoms with van der Waals surface area (Å²) >= 11 is 0. The summed E-state index contributed by atoms with van der Waals surface area (Å²) in [7, 11) is 0. The number of rotatable bonds is 12. The first-order chi connectivity index (χ1) is 10.8. The van der Waals surface area contributed by atoms with Gasteiger partial charge in [-0.2, -0.15) is 0 Å². The van der Waals surface area contributed by atoms with Crippen molar-refractivity contribution in [1.82, 2.24) is 0 Å². The molecule has 0 radical (unpaired) electrons. The highest BCUT2D eigenvalue weighted by atomic mass is 16.3. The number of aldehydes is 1. The second-order valence-electron chi connectivity index (χ2n) is 6.39. The first-order valence-electron chi connectivity index (χ1n) is 7.60. The Kier molecular flexibility index (Phi) is 9.12. The molecule has 0 spiro atoms. The zero-order valence-electron chi connectivity index (χ0n) is 13.9. The molecule has 0 saturated heterocycles. The summed E-state index contributed by atoms with van der Waals surface area (Å²) in [5.41, 5.74) is -2.83. The van der Waals surface area contributed by atoms with Crippen LogP contribution in [0.15, 0.2) is 12.2 Å². The monoisotopic (exact) mass is 334 g/mol. The van der Waals surface area contributed by atoms with E-state index in [0.29, 0.717) is 6.29 Å². The van der Waals surface area contributed by atoms with E-state index in [0.717, 1.165) is 0 Å². The van der Waals surface area contributed by atoms with Gasteiger partial charge in [0.15, 0.2) is 0 Å². The van der Waals surface area contributed by atoms with Crippen LogP contribution in [0.4, 0.5) is 0 Å². The maximum atomic E-state index is 11.4. The van der Waals surface area contributed by atoms with Gasteiger partial charge in [0.2, 0.25) is 0 Å². The van der Waals surface area contributed by atoms with Gasteiger partial charge in [-0.05, 0) is 17.4 Å². The molecule has 0 saturated carbocycles. The Balaban J connectivity index is 6.49. The quantitative estimate of drug-likeness (QED) is 0.190. The molecule has 0 aliphatic carbocycles. The summed E-state index contributed by atoms with van der Waals surface area (Å²) in [4.78, 5) is 11.4. The van der Waals surface area contributed by atoms with Gasteiger partial charge in [-0.1, -0.05) is 20.4 Å². The molecule has 0 aliphatic rings. The number of carbonyl (C=O) groups excluding carboxylic acids is 1. The molecular weight excluding hydrogens is 304 g/mol. The van der Waals surface area contributed by atoms with Crippen LogP contribution in [0, 0.1) is 28.6 Å². The van der Waals surface area contributed by atoms with Crippen LogP contribution in [0.3, 0.4) is 0 Å². The lowest BCUT2D eigenvalue weighted by atomic mass is 9.53. The highest BCUT2D eigenvalue weighted by Gasteiger charge is 2.55. The molecule has 0 aromatic rings. The first kappa shape index (κ1) is 22.2. The number of aliphatic hydroxyl groups excluding tert-OH is 6. The van der Waals surface area contributed by atoms with Crippen molar-refractivity contribution in [3.05, 3.63) is 12.2 Å². The van der Waals surface area contributed by atoms with Crippen LogP contribution < -0.4 is 0 Å². The molecule has 7 nitrogen and oxygen atoms in total. The molecule has 7 heteroatoms. The van der Waals surface area contributed by atoms with Crippen molar-refractivity contribution < 1.29 is 35.4 Å². The smallest absolute Gasteiger partial charge is 0.145 e. The normalized spacial score (nSPS) is 16.7. The standard InChI is InChI=1S/C16H30O7/c1-11(4-17)14(15(7-20,8-21)12(2)5-18)16(9-22,10-23)13(3)6-19/h4,12-14,18-23H,1,5-10H2,2-3H3. The Morgan fingerprint density at radius 2 is 1.17 bits per heavy atom. The average molecular weight is 334 g/mol. The molecule has 2 unspecified atom stereocenters. The minimum Gasteiger partial charge on any atom is -0.396 e. The molecule has 0 heterocycles. The lowest BCUT2D eigenvalue weighted by molar-refractivity contribution is -0.141. The molecule has 0 amide bonds. The molecule has 0 fully saturated rings. The molecule has 6 N–H and O–H groups in total. The Labute approximate surface area is 136 Å². The fraction of sp³-hybridized carbons (Fsp3) is 0.812. The Hall–Kier alpha value is -0.830. The minimum atomic E-state index is -1.40. The van der Waals surface area contributed by atoms with E-state index in [-0.39, 0.29) is 18.8 Å². The van der Waals surface area contributed by atoms with E-state index in [9.17, 15) is 35.4 Å². The Bertz CT molecular complexity index is 349. The largest absolute Gasteiger partial charge is 0.396 e. The molecule has 0 aromatic carbocycles. The van der Waals surface area contributed by atoms with E-state index in [1.807, 2.05) is 0 Å². The summed E-state index contributed by atoms with van der Waals surface area (Å²) in [6.45, 7) is 3.67. The highest BCUT2D eigenvalue weighted by molar-refractivity contribution is 5.73. The predicted molar refractivity (Wildman–Crippen MR) is 84.4 cm³/mol. The second-order valence-corrected chi connectivity index (χ2v) is 6.39. The van der Waals surface area contributed by atoms with E-state index in [1.165, 1.54) is 0 Å². The van der Waals surface area contributed by atoms with Gasteiger partial charge in [0, 0.05) is 30.0 Å². The Morgan fingerprint density at radius 1 is 0.870 bits per heavy atom. The third kappa shape index (κ3) is 3.81. The van der Waals surface area contributed by atoms with Crippen molar-refractivity contribution in [1.29, 1.82) is 0 Å². The number of allylic oxidation sites excluding steroid dienone is 1. The molecule has 2 atom stereocenters. The number of aliphatic hydroxyl groups is 6. The van der Waals surface area contributed by atoms with Crippen LogP contribution in [-0.2, 0) is 4.79 Å². The number of hydrogen-bond donors (Lipinski definition) is 6. The second kappa shape index (κ2) is 9.46. The summed E-state index contributed by atoms with van der Waals surface area (Å²) in [5.74, 6) is -2.34. The molecule has 0 rings (SSSR count). The SMILES string of the molecule is C=C(C=O)C(C(CO)(CO)C(C)CO)C(CO)(CO)C(C)CO. The molecule has 23 heavy (non-hydrogen) atoms. The van der Waals surface area contributed by atoms with Crippen LogP contribution >= 0.6 is 0 Å². The van der Waals surface area contributed by atoms with Gasteiger partial charge in [-0.3, -0.25) is 4.79 Å². The van der Waals surface area contributed by atoms with Crippen molar-refractivity contribution in [2.75, 3.05) is 39.6 Å². The predicted octanol–water partition coefficient (Wildman–Crippen LogP) is -1.44. The van der Waals surface area contributed by atoms with Gasteiger partial charge < -0.3 is 30.6 Å². The summed E-state index contributed by atoms with van der Waals surface area (Å²) in [6, 6.07) is 0.